The zero-order chi connectivity index (χ0) is 10.6. The third kappa shape index (κ3) is 3.24. The molecule has 1 rings (SSSR count). The zero-order valence-electron chi connectivity index (χ0n) is 9.29. The van der Waals surface area contributed by atoms with Crippen LogP contribution < -0.4 is 5.32 Å². The van der Waals surface area contributed by atoms with Crippen molar-refractivity contribution in [3.05, 3.63) is 27.7 Å². The Balaban J connectivity index is 2.47. The van der Waals surface area contributed by atoms with Gasteiger partial charge in [0.25, 0.3) is 0 Å². The summed E-state index contributed by atoms with van der Waals surface area (Å²) < 4.78 is 0. The van der Waals surface area contributed by atoms with E-state index in [4.69, 9.17) is 0 Å². The van der Waals surface area contributed by atoms with Gasteiger partial charge in [0.15, 0.2) is 0 Å². The van der Waals surface area contributed by atoms with Gasteiger partial charge in [0, 0.05) is 17.5 Å². The molecule has 1 aromatic rings. The number of nitrogens with zero attached hydrogens (tertiary/aromatic N) is 1. The molecule has 78 valence electrons. The van der Waals surface area contributed by atoms with Crippen molar-refractivity contribution in [2.24, 2.45) is 0 Å². The Hall–Kier alpha value is -0.670. The average molecular weight is 210 g/mol. The fourth-order valence-corrected chi connectivity index (χ4v) is 2.09. The van der Waals surface area contributed by atoms with E-state index in [9.17, 15) is 0 Å². The second-order valence-corrected chi connectivity index (χ2v) is 4.60. The van der Waals surface area contributed by atoms with Crippen molar-refractivity contribution in [3.8, 4) is 0 Å². The Bertz CT molecular complexity index is 311. The second kappa shape index (κ2) is 5.27. The van der Waals surface area contributed by atoms with Gasteiger partial charge in [0.05, 0.1) is 11.2 Å². The molecular formula is C11H18N2S. The van der Waals surface area contributed by atoms with Crippen molar-refractivity contribution in [2.75, 3.05) is 6.54 Å². The van der Waals surface area contributed by atoms with Gasteiger partial charge >= 0.3 is 0 Å². The molecule has 0 aliphatic carbocycles. The number of aromatic nitrogens is 1. The first-order valence-electron chi connectivity index (χ1n) is 4.88. The van der Waals surface area contributed by atoms with Crippen LogP contribution in [0.15, 0.2) is 17.2 Å². The Labute approximate surface area is 90.1 Å². The molecule has 1 heterocycles. The Morgan fingerprint density at radius 3 is 2.86 bits per heavy atom. The van der Waals surface area contributed by atoms with E-state index >= 15 is 0 Å². The summed E-state index contributed by atoms with van der Waals surface area (Å²) in [4.78, 5) is 5.58. The topological polar surface area (TPSA) is 24.9 Å². The molecule has 2 nitrogen and oxygen atoms in total. The Morgan fingerprint density at radius 2 is 2.36 bits per heavy atom. The van der Waals surface area contributed by atoms with Gasteiger partial charge < -0.3 is 5.32 Å². The molecule has 0 bridgehead atoms. The summed E-state index contributed by atoms with van der Waals surface area (Å²) in [5, 5.41) is 3.45. The van der Waals surface area contributed by atoms with Gasteiger partial charge in [0.1, 0.15) is 0 Å². The molecule has 1 aromatic heterocycles. The second-order valence-electron chi connectivity index (χ2n) is 3.71. The number of nitrogens with one attached hydrogen (secondary N) is 1. The number of hydrogen-bond donors (Lipinski definition) is 1. The minimum absolute atomic E-state index is 0.401. The van der Waals surface area contributed by atoms with E-state index in [1.807, 2.05) is 5.51 Å². The van der Waals surface area contributed by atoms with Crippen LogP contribution in [0.1, 0.15) is 37.4 Å². The molecular weight excluding hydrogens is 192 g/mol. The fraction of sp³-hybridized carbons (Fsp3) is 0.545. The molecule has 0 spiro atoms. The van der Waals surface area contributed by atoms with Crippen LogP contribution in [-0.4, -0.2) is 11.5 Å². The molecule has 0 fully saturated rings. The van der Waals surface area contributed by atoms with Crippen LogP contribution in [-0.2, 0) is 0 Å². The summed E-state index contributed by atoms with van der Waals surface area (Å²) in [6.07, 6.45) is 2.20. The molecule has 3 heteroatoms. The Morgan fingerprint density at radius 1 is 1.64 bits per heavy atom. The molecule has 1 unspecified atom stereocenters. The summed E-state index contributed by atoms with van der Waals surface area (Å²) in [7, 11) is 0. The van der Waals surface area contributed by atoms with Gasteiger partial charge in [0.2, 0.25) is 0 Å². The van der Waals surface area contributed by atoms with E-state index in [1.54, 1.807) is 11.3 Å². The quantitative estimate of drug-likeness (QED) is 0.773. The standard InChI is InChI=1S/C11H18N2S/c1-8(2)5-6-12-9(3)11-10(4)13-7-14-11/h5,7,9,12H,6H2,1-4H3. The molecule has 0 radical (unpaired) electrons. The highest BCUT2D eigenvalue weighted by atomic mass is 32.1. The summed E-state index contributed by atoms with van der Waals surface area (Å²) in [5.41, 5.74) is 4.40. The zero-order valence-corrected chi connectivity index (χ0v) is 10.1. The minimum Gasteiger partial charge on any atom is -0.306 e. The lowest BCUT2D eigenvalue weighted by Gasteiger charge is -2.10. The molecule has 0 saturated heterocycles. The number of rotatable bonds is 4. The molecule has 1 atom stereocenters. The van der Waals surface area contributed by atoms with Crippen LogP contribution >= 0.6 is 11.3 Å². The minimum atomic E-state index is 0.401. The van der Waals surface area contributed by atoms with Gasteiger partial charge in [-0.05, 0) is 27.7 Å². The maximum Gasteiger partial charge on any atom is 0.0798 e. The van der Waals surface area contributed by atoms with Crippen LogP contribution in [0.2, 0.25) is 0 Å². The first-order valence-corrected chi connectivity index (χ1v) is 5.76. The van der Waals surface area contributed by atoms with E-state index in [2.05, 4.69) is 44.1 Å². The van der Waals surface area contributed by atoms with Crippen LogP contribution in [0.4, 0.5) is 0 Å². The van der Waals surface area contributed by atoms with E-state index in [0.29, 0.717) is 6.04 Å². The molecule has 0 amide bonds. The highest BCUT2D eigenvalue weighted by Gasteiger charge is 2.08. The van der Waals surface area contributed by atoms with Crippen molar-refractivity contribution in [3.63, 3.8) is 0 Å². The number of thiazole rings is 1. The third-order valence-electron chi connectivity index (χ3n) is 2.11. The maximum atomic E-state index is 4.24. The van der Waals surface area contributed by atoms with E-state index in [-0.39, 0.29) is 0 Å². The lowest BCUT2D eigenvalue weighted by Crippen LogP contribution is -2.18. The lowest BCUT2D eigenvalue weighted by atomic mass is 10.2. The monoisotopic (exact) mass is 210 g/mol. The van der Waals surface area contributed by atoms with Crippen molar-refractivity contribution in [1.29, 1.82) is 0 Å². The normalized spacial score (nSPS) is 12.6. The molecule has 1 N–H and O–H groups in total. The first kappa shape index (κ1) is 11.4. The summed E-state index contributed by atoms with van der Waals surface area (Å²) in [6, 6.07) is 0.401. The molecule has 14 heavy (non-hydrogen) atoms. The van der Waals surface area contributed by atoms with Crippen molar-refractivity contribution >= 4 is 11.3 Å². The van der Waals surface area contributed by atoms with Gasteiger partial charge in [-0.1, -0.05) is 11.6 Å². The van der Waals surface area contributed by atoms with E-state index in [1.165, 1.54) is 10.5 Å². The van der Waals surface area contributed by atoms with Gasteiger partial charge in [-0.25, -0.2) is 4.98 Å². The molecule has 0 aromatic carbocycles. The van der Waals surface area contributed by atoms with Crippen LogP contribution in [0, 0.1) is 6.92 Å². The summed E-state index contributed by atoms with van der Waals surface area (Å²) >= 11 is 1.72. The molecule has 0 aliphatic rings. The third-order valence-corrected chi connectivity index (χ3v) is 3.22. The highest BCUT2D eigenvalue weighted by molar-refractivity contribution is 7.09. The van der Waals surface area contributed by atoms with Crippen molar-refractivity contribution in [2.45, 2.75) is 33.7 Å². The van der Waals surface area contributed by atoms with Gasteiger partial charge in [-0.2, -0.15) is 0 Å². The van der Waals surface area contributed by atoms with Gasteiger partial charge in [-0.3, -0.25) is 0 Å². The average Bonchev–Trinajstić information content (AvgIpc) is 2.50. The van der Waals surface area contributed by atoms with Crippen LogP contribution in [0.25, 0.3) is 0 Å². The number of aryl methyl sites for hydroxylation is 1. The first-order chi connectivity index (χ1) is 6.61. The van der Waals surface area contributed by atoms with E-state index < -0.39 is 0 Å². The summed E-state index contributed by atoms with van der Waals surface area (Å²) in [6.45, 7) is 9.40. The van der Waals surface area contributed by atoms with Crippen LogP contribution in [0.5, 0.6) is 0 Å². The maximum absolute atomic E-state index is 4.24. The van der Waals surface area contributed by atoms with Crippen LogP contribution in [0.3, 0.4) is 0 Å². The number of hydrogen-bond acceptors (Lipinski definition) is 3. The summed E-state index contributed by atoms with van der Waals surface area (Å²) in [5.74, 6) is 0. The van der Waals surface area contributed by atoms with Gasteiger partial charge in [-0.15, -0.1) is 11.3 Å². The smallest absolute Gasteiger partial charge is 0.0798 e. The SMILES string of the molecule is CC(C)=CCNC(C)c1scnc1C. The largest absolute Gasteiger partial charge is 0.306 e. The predicted octanol–water partition coefficient (Wildman–Crippen LogP) is 3.07. The van der Waals surface area contributed by atoms with Crippen molar-refractivity contribution < 1.29 is 0 Å². The highest BCUT2D eigenvalue weighted by Crippen LogP contribution is 2.20. The van der Waals surface area contributed by atoms with Crippen molar-refractivity contribution in [1.82, 2.24) is 10.3 Å². The molecule has 0 aliphatic heterocycles. The van der Waals surface area contributed by atoms with E-state index in [0.717, 1.165) is 12.2 Å². The fourth-order valence-electron chi connectivity index (χ4n) is 1.26. The lowest BCUT2D eigenvalue weighted by molar-refractivity contribution is 0.621. The number of allylic oxidation sites excluding steroid dienone is 1. The Kier molecular flexibility index (Phi) is 4.29. The molecule has 0 saturated carbocycles. The predicted molar refractivity (Wildman–Crippen MR) is 62.7 cm³/mol.